The van der Waals surface area contributed by atoms with Gasteiger partial charge in [-0.05, 0) is 50.5 Å². The summed E-state index contributed by atoms with van der Waals surface area (Å²) in [4.78, 5) is 27.5. The topological polar surface area (TPSA) is 49.4 Å². The van der Waals surface area contributed by atoms with Gasteiger partial charge in [-0.25, -0.2) is 0 Å². The lowest BCUT2D eigenvalue weighted by molar-refractivity contribution is -0.138. The van der Waals surface area contributed by atoms with Crippen LogP contribution in [0, 0.1) is 6.92 Å². The number of amides is 2. The zero-order chi connectivity index (χ0) is 23.0. The summed E-state index contributed by atoms with van der Waals surface area (Å²) in [7, 11) is 0. The molecule has 2 atom stereocenters. The van der Waals surface area contributed by atoms with Crippen LogP contribution in [0.3, 0.4) is 0 Å². The van der Waals surface area contributed by atoms with Gasteiger partial charge in [0.25, 0.3) is 0 Å². The third kappa shape index (κ3) is 8.06. The van der Waals surface area contributed by atoms with Gasteiger partial charge in [0.2, 0.25) is 11.8 Å². The second-order valence-corrected chi connectivity index (χ2v) is 9.56. The average molecular weight is 481 g/mol. The molecule has 31 heavy (non-hydrogen) atoms. The molecule has 0 aliphatic carbocycles. The number of aryl methyl sites for hydroxylation is 1. The minimum absolute atomic E-state index is 0.0433. The Morgan fingerprint density at radius 2 is 1.87 bits per heavy atom. The van der Waals surface area contributed by atoms with Crippen LogP contribution in [-0.2, 0) is 21.9 Å². The van der Waals surface area contributed by atoms with Gasteiger partial charge >= 0.3 is 0 Å². The lowest BCUT2D eigenvalue weighted by Crippen LogP contribution is -2.50. The molecule has 0 aliphatic heterocycles. The Bertz CT molecular complexity index is 907. The molecule has 0 saturated carbocycles. The van der Waals surface area contributed by atoms with Crippen LogP contribution in [0.15, 0.2) is 42.5 Å². The average Bonchev–Trinajstić information content (AvgIpc) is 2.72. The number of carbonyl (C=O) groups excluding carboxylic acids is 2. The first-order valence-corrected chi connectivity index (χ1v) is 12.3. The molecule has 0 saturated heterocycles. The molecule has 0 aromatic heterocycles. The summed E-state index contributed by atoms with van der Waals surface area (Å²) in [6, 6.07) is 12.8. The van der Waals surface area contributed by atoms with Gasteiger partial charge in [-0.3, -0.25) is 9.59 Å². The van der Waals surface area contributed by atoms with Gasteiger partial charge < -0.3 is 10.2 Å². The minimum Gasteiger partial charge on any atom is -0.352 e. The summed E-state index contributed by atoms with van der Waals surface area (Å²) in [6.45, 7) is 8.01. The normalized spacial score (nSPS) is 12.8. The van der Waals surface area contributed by atoms with Gasteiger partial charge in [-0.2, -0.15) is 0 Å². The Morgan fingerprint density at radius 3 is 2.52 bits per heavy atom. The van der Waals surface area contributed by atoms with E-state index in [1.165, 1.54) is 22.9 Å². The van der Waals surface area contributed by atoms with Crippen molar-refractivity contribution in [2.75, 3.05) is 5.75 Å². The molecule has 2 amide bonds. The van der Waals surface area contributed by atoms with E-state index in [4.69, 9.17) is 23.2 Å². The third-order valence-electron chi connectivity index (χ3n) is 5.10. The monoisotopic (exact) mass is 480 g/mol. The predicted octanol–water partition coefficient (Wildman–Crippen LogP) is 5.87. The number of hydrogen-bond donors (Lipinski definition) is 1. The smallest absolute Gasteiger partial charge is 0.242 e. The second kappa shape index (κ2) is 12.4. The lowest BCUT2D eigenvalue weighted by atomic mass is 10.1. The SMILES string of the molecule is CC[C@@H](C)NC(=O)[C@@H](C)N(Cc1ccc(Cl)cc1Cl)C(=O)CSCc1cccc(C)c1. The highest BCUT2D eigenvalue weighted by Gasteiger charge is 2.27. The molecule has 0 aliphatic rings. The van der Waals surface area contributed by atoms with E-state index >= 15 is 0 Å². The van der Waals surface area contributed by atoms with Crippen LogP contribution in [0.1, 0.15) is 43.9 Å². The highest BCUT2D eigenvalue weighted by molar-refractivity contribution is 7.99. The van der Waals surface area contributed by atoms with E-state index in [1.807, 2.05) is 19.9 Å². The maximum Gasteiger partial charge on any atom is 0.242 e. The van der Waals surface area contributed by atoms with Crippen molar-refractivity contribution in [1.29, 1.82) is 0 Å². The number of thioether (sulfide) groups is 1. The van der Waals surface area contributed by atoms with Gasteiger partial charge in [0.1, 0.15) is 6.04 Å². The minimum atomic E-state index is -0.618. The van der Waals surface area contributed by atoms with Crippen molar-refractivity contribution < 1.29 is 9.59 Å². The molecule has 2 rings (SSSR count). The van der Waals surface area contributed by atoms with E-state index in [0.717, 1.165) is 17.7 Å². The fourth-order valence-corrected chi connectivity index (χ4v) is 4.35. The Hall–Kier alpha value is -1.69. The Morgan fingerprint density at radius 1 is 1.13 bits per heavy atom. The molecule has 0 unspecified atom stereocenters. The lowest BCUT2D eigenvalue weighted by Gasteiger charge is -2.30. The summed E-state index contributed by atoms with van der Waals surface area (Å²) in [5.41, 5.74) is 3.12. The van der Waals surface area contributed by atoms with Crippen molar-refractivity contribution in [1.82, 2.24) is 10.2 Å². The molecule has 0 radical (unpaired) electrons. The van der Waals surface area contributed by atoms with Crippen LogP contribution >= 0.6 is 35.0 Å². The van der Waals surface area contributed by atoms with E-state index in [-0.39, 0.29) is 30.2 Å². The van der Waals surface area contributed by atoms with E-state index in [1.54, 1.807) is 30.0 Å². The van der Waals surface area contributed by atoms with Crippen LogP contribution < -0.4 is 5.32 Å². The van der Waals surface area contributed by atoms with Crippen molar-refractivity contribution in [2.45, 2.75) is 58.5 Å². The predicted molar refractivity (Wildman–Crippen MR) is 132 cm³/mol. The standard InChI is InChI=1S/C24H30Cl2N2O2S/c1-5-17(3)27-24(30)18(4)28(13-20-9-10-21(25)12-22(20)26)23(29)15-31-14-19-8-6-7-16(2)11-19/h6-12,17-18H,5,13-15H2,1-4H3,(H,27,30)/t17-,18-/m1/s1. The zero-order valence-corrected chi connectivity index (χ0v) is 20.8. The zero-order valence-electron chi connectivity index (χ0n) is 18.5. The number of benzene rings is 2. The molecule has 7 heteroatoms. The van der Waals surface area contributed by atoms with Crippen LogP contribution in [0.2, 0.25) is 10.0 Å². The van der Waals surface area contributed by atoms with Crippen LogP contribution in [0.25, 0.3) is 0 Å². The van der Waals surface area contributed by atoms with Crippen LogP contribution in [0.4, 0.5) is 0 Å². The van der Waals surface area contributed by atoms with Gasteiger partial charge in [0.05, 0.1) is 5.75 Å². The van der Waals surface area contributed by atoms with E-state index in [2.05, 4.69) is 30.4 Å². The Balaban J connectivity index is 2.12. The quantitative estimate of drug-likeness (QED) is 0.462. The van der Waals surface area contributed by atoms with Crippen molar-refractivity contribution in [2.24, 2.45) is 0 Å². The summed E-state index contributed by atoms with van der Waals surface area (Å²) < 4.78 is 0. The number of carbonyl (C=O) groups is 2. The largest absolute Gasteiger partial charge is 0.352 e. The van der Waals surface area contributed by atoms with Crippen LogP contribution in [0.5, 0.6) is 0 Å². The number of rotatable bonds is 10. The highest BCUT2D eigenvalue weighted by atomic mass is 35.5. The molecule has 2 aromatic carbocycles. The fourth-order valence-electron chi connectivity index (χ4n) is 3.02. The Labute approximate surface area is 199 Å². The summed E-state index contributed by atoms with van der Waals surface area (Å²) in [5, 5.41) is 3.98. The summed E-state index contributed by atoms with van der Waals surface area (Å²) in [5.74, 6) is 0.739. The first kappa shape index (κ1) is 25.6. The summed E-state index contributed by atoms with van der Waals surface area (Å²) >= 11 is 13.9. The number of nitrogens with one attached hydrogen (secondary N) is 1. The number of nitrogens with zero attached hydrogens (tertiary/aromatic N) is 1. The van der Waals surface area contributed by atoms with E-state index in [0.29, 0.717) is 10.0 Å². The molecule has 168 valence electrons. The molecule has 0 heterocycles. The Kier molecular flexibility index (Phi) is 10.2. The van der Waals surface area contributed by atoms with Crippen molar-refractivity contribution >= 4 is 46.8 Å². The van der Waals surface area contributed by atoms with Gasteiger partial charge in [0.15, 0.2) is 0 Å². The molecular weight excluding hydrogens is 451 g/mol. The van der Waals surface area contributed by atoms with E-state index < -0.39 is 6.04 Å². The molecule has 1 N–H and O–H groups in total. The molecule has 4 nitrogen and oxygen atoms in total. The third-order valence-corrected chi connectivity index (χ3v) is 6.68. The van der Waals surface area contributed by atoms with Gasteiger partial charge in [-0.1, -0.05) is 66.0 Å². The molecule has 0 fully saturated rings. The van der Waals surface area contributed by atoms with E-state index in [9.17, 15) is 9.59 Å². The van der Waals surface area contributed by atoms with Crippen molar-refractivity contribution in [3.05, 3.63) is 69.2 Å². The summed E-state index contributed by atoms with van der Waals surface area (Å²) in [6.07, 6.45) is 0.821. The molecule has 0 spiro atoms. The van der Waals surface area contributed by atoms with Gasteiger partial charge in [-0.15, -0.1) is 11.8 Å². The number of halogens is 2. The first-order valence-electron chi connectivity index (χ1n) is 10.4. The maximum absolute atomic E-state index is 13.1. The fraction of sp³-hybridized carbons (Fsp3) is 0.417. The second-order valence-electron chi connectivity index (χ2n) is 7.73. The maximum atomic E-state index is 13.1. The molecular formula is C24H30Cl2N2O2S. The van der Waals surface area contributed by atoms with Crippen LogP contribution in [-0.4, -0.2) is 34.6 Å². The van der Waals surface area contributed by atoms with Crippen molar-refractivity contribution in [3.8, 4) is 0 Å². The molecule has 0 bridgehead atoms. The van der Waals surface area contributed by atoms with Gasteiger partial charge in [0, 0.05) is 28.4 Å². The van der Waals surface area contributed by atoms with Crippen molar-refractivity contribution in [3.63, 3.8) is 0 Å². The number of hydrogen-bond acceptors (Lipinski definition) is 3. The molecule has 2 aromatic rings. The first-order chi connectivity index (χ1) is 14.7. The highest BCUT2D eigenvalue weighted by Crippen LogP contribution is 2.24.